The van der Waals surface area contributed by atoms with Crippen LogP contribution in [0.4, 0.5) is 5.69 Å². The summed E-state index contributed by atoms with van der Waals surface area (Å²) in [6.07, 6.45) is 0.598. The van der Waals surface area contributed by atoms with E-state index in [2.05, 4.69) is 10.0 Å². The molecule has 0 unspecified atom stereocenters. The van der Waals surface area contributed by atoms with Crippen LogP contribution in [0.1, 0.15) is 16.7 Å². The van der Waals surface area contributed by atoms with E-state index in [0.717, 1.165) is 16.7 Å². The molecule has 168 valence electrons. The number of benzene rings is 3. The maximum atomic E-state index is 12.5. The normalized spacial score (nSPS) is 11.2. The van der Waals surface area contributed by atoms with Gasteiger partial charge in [0.2, 0.25) is 10.0 Å². The van der Waals surface area contributed by atoms with Crippen molar-refractivity contribution >= 4 is 33.2 Å². The SMILES string of the molecule is Cc1cc(OCC(=O)Nc2ccc(S(=O)(=O)NCCc3ccccc3)cc2)cc(C)c1Cl. The van der Waals surface area contributed by atoms with E-state index >= 15 is 0 Å². The Labute approximate surface area is 193 Å². The number of carbonyl (C=O) groups is 1. The van der Waals surface area contributed by atoms with Crippen LogP contribution in [0, 0.1) is 13.8 Å². The standard InChI is InChI=1S/C24H25ClN2O4S/c1-17-14-21(15-18(2)24(17)25)31-16-23(28)27-20-8-10-22(11-9-20)32(29,30)26-13-12-19-6-4-3-5-7-19/h3-11,14-15,26H,12-13,16H2,1-2H3,(H,27,28). The van der Waals surface area contributed by atoms with Crippen LogP contribution < -0.4 is 14.8 Å². The molecule has 0 atom stereocenters. The summed E-state index contributed by atoms with van der Waals surface area (Å²) in [4.78, 5) is 12.3. The first-order chi connectivity index (χ1) is 15.2. The van der Waals surface area contributed by atoms with Crippen molar-refractivity contribution in [2.45, 2.75) is 25.2 Å². The van der Waals surface area contributed by atoms with Gasteiger partial charge in [-0.15, -0.1) is 0 Å². The van der Waals surface area contributed by atoms with Crippen LogP contribution >= 0.6 is 11.6 Å². The van der Waals surface area contributed by atoms with Crippen molar-refractivity contribution in [3.63, 3.8) is 0 Å². The Balaban J connectivity index is 1.51. The van der Waals surface area contributed by atoms with Crippen molar-refractivity contribution in [1.29, 1.82) is 0 Å². The minimum Gasteiger partial charge on any atom is -0.484 e. The number of amides is 1. The lowest BCUT2D eigenvalue weighted by Crippen LogP contribution is -2.26. The summed E-state index contributed by atoms with van der Waals surface area (Å²) in [6, 6.07) is 19.2. The quantitative estimate of drug-likeness (QED) is 0.480. The largest absolute Gasteiger partial charge is 0.484 e. The number of hydrogen-bond acceptors (Lipinski definition) is 4. The van der Waals surface area contributed by atoms with Crippen LogP contribution in [0.3, 0.4) is 0 Å². The summed E-state index contributed by atoms with van der Waals surface area (Å²) < 4.78 is 33.1. The van der Waals surface area contributed by atoms with Crippen molar-refractivity contribution in [3.05, 3.63) is 88.4 Å². The Kier molecular flexibility index (Phi) is 7.90. The molecule has 3 aromatic rings. The van der Waals surface area contributed by atoms with E-state index in [1.807, 2.05) is 44.2 Å². The molecule has 8 heteroatoms. The fourth-order valence-corrected chi connectivity index (χ4v) is 4.25. The highest BCUT2D eigenvalue weighted by Gasteiger charge is 2.14. The van der Waals surface area contributed by atoms with Gasteiger partial charge >= 0.3 is 0 Å². The first kappa shape index (κ1) is 23.8. The van der Waals surface area contributed by atoms with Crippen LogP contribution in [-0.4, -0.2) is 27.5 Å². The molecule has 0 radical (unpaired) electrons. The van der Waals surface area contributed by atoms with Crippen LogP contribution in [0.2, 0.25) is 5.02 Å². The number of halogens is 1. The number of sulfonamides is 1. The second-order valence-electron chi connectivity index (χ2n) is 7.37. The minimum atomic E-state index is -3.63. The van der Waals surface area contributed by atoms with Gasteiger partial charge in [0.15, 0.2) is 6.61 Å². The molecule has 0 saturated carbocycles. The number of hydrogen-bond donors (Lipinski definition) is 2. The van der Waals surface area contributed by atoms with Gasteiger partial charge in [-0.25, -0.2) is 13.1 Å². The molecule has 0 saturated heterocycles. The Morgan fingerprint density at radius 1 is 0.969 bits per heavy atom. The maximum absolute atomic E-state index is 12.5. The Morgan fingerprint density at radius 2 is 1.59 bits per heavy atom. The van der Waals surface area contributed by atoms with Crippen LogP contribution in [0.15, 0.2) is 71.6 Å². The van der Waals surface area contributed by atoms with Crippen molar-refractivity contribution in [1.82, 2.24) is 4.72 Å². The van der Waals surface area contributed by atoms with E-state index in [9.17, 15) is 13.2 Å². The summed E-state index contributed by atoms with van der Waals surface area (Å²) in [5.74, 6) is 0.203. The second-order valence-corrected chi connectivity index (χ2v) is 9.51. The third-order valence-electron chi connectivity index (χ3n) is 4.78. The van der Waals surface area contributed by atoms with E-state index < -0.39 is 10.0 Å². The zero-order valence-corrected chi connectivity index (χ0v) is 19.5. The minimum absolute atomic E-state index is 0.131. The van der Waals surface area contributed by atoms with E-state index in [4.69, 9.17) is 16.3 Å². The smallest absolute Gasteiger partial charge is 0.262 e. The van der Waals surface area contributed by atoms with Gasteiger partial charge in [0.25, 0.3) is 5.91 Å². The molecule has 0 aromatic heterocycles. The molecule has 0 aliphatic carbocycles. The predicted molar refractivity (Wildman–Crippen MR) is 127 cm³/mol. The molecule has 0 fully saturated rings. The molecule has 0 spiro atoms. The van der Waals surface area contributed by atoms with Gasteiger partial charge in [-0.05, 0) is 73.4 Å². The summed E-state index contributed by atoms with van der Waals surface area (Å²) in [7, 11) is -3.63. The summed E-state index contributed by atoms with van der Waals surface area (Å²) in [5, 5.41) is 3.36. The number of anilines is 1. The average molecular weight is 473 g/mol. The molecule has 6 nitrogen and oxygen atoms in total. The van der Waals surface area contributed by atoms with E-state index in [-0.39, 0.29) is 17.4 Å². The molecule has 1 amide bonds. The van der Waals surface area contributed by atoms with Crippen molar-refractivity contribution in [3.8, 4) is 5.75 Å². The van der Waals surface area contributed by atoms with E-state index in [0.29, 0.717) is 29.4 Å². The highest BCUT2D eigenvalue weighted by molar-refractivity contribution is 7.89. The van der Waals surface area contributed by atoms with Crippen molar-refractivity contribution in [2.75, 3.05) is 18.5 Å². The first-order valence-electron chi connectivity index (χ1n) is 10.1. The third-order valence-corrected chi connectivity index (χ3v) is 6.85. The molecule has 32 heavy (non-hydrogen) atoms. The molecule has 0 bridgehead atoms. The lowest BCUT2D eigenvalue weighted by atomic mass is 10.1. The monoisotopic (exact) mass is 472 g/mol. The van der Waals surface area contributed by atoms with Gasteiger partial charge in [0.05, 0.1) is 4.90 Å². The van der Waals surface area contributed by atoms with Crippen LogP contribution in [0.5, 0.6) is 5.75 Å². The van der Waals surface area contributed by atoms with E-state index in [1.165, 1.54) is 12.1 Å². The Morgan fingerprint density at radius 3 is 2.22 bits per heavy atom. The number of ether oxygens (including phenoxy) is 1. The lowest BCUT2D eigenvalue weighted by Gasteiger charge is -2.11. The summed E-state index contributed by atoms with van der Waals surface area (Å²) >= 11 is 6.14. The van der Waals surface area contributed by atoms with Gasteiger partial charge in [-0.2, -0.15) is 0 Å². The van der Waals surface area contributed by atoms with Gasteiger partial charge in [-0.3, -0.25) is 4.79 Å². The summed E-state index contributed by atoms with van der Waals surface area (Å²) in [5.41, 5.74) is 3.28. The second kappa shape index (κ2) is 10.6. The van der Waals surface area contributed by atoms with Gasteiger partial charge in [0.1, 0.15) is 5.75 Å². The predicted octanol–water partition coefficient (Wildman–Crippen LogP) is 4.50. The maximum Gasteiger partial charge on any atom is 0.262 e. The number of rotatable bonds is 9. The Hall–Kier alpha value is -2.87. The molecule has 0 aliphatic heterocycles. The third kappa shape index (κ3) is 6.56. The highest BCUT2D eigenvalue weighted by Crippen LogP contribution is 2.25. The van der Waals surface area contributed by atoms with Crippen molar-refractivity contribution in [2.24, 2.45) is 0 Å². The van der Waals surface area contributed by atoms with Gasteiger partial charge in [0, 0.05) is 17.3 Å². The average Bonchev–Trinajstić information content (AvgIpc) is 2.77. The number of carbonyl (C=O) groups excluding carboxylic acids is 1. The molecule has 3 rings (SSSR count). The lowest BCUT2D eigenvalue weighted by molar-refractivity contribution is -0.118. The topological polar surface area (TPSA) is 84.5 Å². The number of nitrogens with one attached hydrogen (secondary N) is 2. The molecule has 3 aromatic carbocycles. The van der Waals surface area contributed by atoms with E-state index in [1.54, 1.807) is 24.3 Å². The van der Waals surface area contributed by atoms with Gasteiger partial charge < -0.3 is 10.1 Å². The number of aryl methyl sites for hydroxylation is 2. The zero-order valence-electron chi connectivity index (χ0n) is 17.9. The van der Waals surface area contributed by atoms with Crippen molar-refractivity contribution < 1.29 is 17.9 Å². The molecule has 2 N–H and O–H groups in total. The Bertz CT molecular complexity index is 1160. The first-order valence-corrected chi connectivity index (χ1v) is 11.9. The van der Waals surface area contributed by atoms with Crippen LogP contribution in [0.25, 0.3) is 0 Å². The fraction of sp³-hybridized carbons (Fsp3) is 0.208. The fourth-order valence-electron chi connectivity index (χ4n) is 3.11. The molecule has 0 heterocycles. The molecular weight excluding hydrogens is 448 g/mol. The molecular formula is C24H25ClN2O4S. The van der Waals surface area contributed by atoms with Gasteiger partial charge in [-0.1, -0.05) is 41.9 Å². The zero-order chi connectivity index (χ0) is 23.1. The van der Waals surface area contributed by atoms with Crippen LogP contribution in [-0.2, 0) is 21.2 Å². The summed E-state index contributed by atoms with van der Waals surface area (Å²) in [6.45, 7) is 3.86. The highest BCUT2D eigenvalue weighted by atomic mass is 35.5. The molecule has 0 aliphatic rings.